The summed E-state index contributed by atoms with van der Waals surface area (Å²) in [6.45, 7) is 4.72. The van der Waals surface area contributed by atoms with Crippen molar-refractivity contribution >= 4 is 13.7 Å². The van der Waals surface area contributed by atoms with Crippen LogP contribution in [-0.4, -0.2) is 73.4 Å². The number of rotatable bonds is 38. The van der Waals surface area contributed by atoms with Gasteiger partial charge in [-0.25, -0.2) is 4.57 Å². The van der Waals surface area contributed by atoms with Gasteiger partial charge in [0.05, 0.1) is 39.9 Å². The van der Waals surface area contributed by atoms with Crippen molar-refractivity contribution in [2.75, 3.05) is 40.9 Å². The summed E-state index contributed by atoms with van der Waals surface area (Å²) < 4.78 is 23.4. The highest BCUT2D eigenvalue weighted by molar-refractivity contribution is 7.47. The van der Waals surface area contributed by atoms with E-state index in [1.54, 1.807) is 6.08 Å². The Morgan fingerprint density at radius 2 is 1.06 bits per heavy atom. The number of unbranched alkanes of at least 4 members (excludes halogenated alkanes) is 21. The Kier molecular flexibility index (Phi) is 34.6. The number of nitrogens with one attached hydrogen (secondary N) is 1. The fourth-order valence-corrected chi connectivity index (χ4v) is 6.61. The Morgan fingerprint density at radius 3 is 1.58 bits per heavy atom. The van der Waals surface area contributed by atoms with E-state index in [0.717, 1.165) is 38.5 Å². The van der Waals surface area contributed by atoms with Gasteiger partial charge < -0.3 is 19.8 Å². The fraction of sp³-hybridized carbons (Fsp3) is 0.837. The Balaban J connectivity index is 4.29. The lowest BCUT2D eigenvalue weighted by atomic mass is 10.0. The Bertz CT molecular complexity index is 948. The molecule has 8 nitrogen and oxygen atoms in total. The lowest BCUT2D eigenvalue weighted by Gasteiger charge is -2.25. The lowest BCUT2D eigenvalue weighted by Crippen LogP contribution is -2.45. The quantitative estimate of drug-likeness (QED) is 0.0251. The van der Waals surface area contributed by atoms with E-state index >= 15 is 0 Å². The molecule has 9 heteroatoms. The molecule has 0 aromatic rings. The zero-order valence-electron chi connectivity index (χ0n) is 34.5. The van der Waals surface area contributed by atoms with Gasteiger partial charge in [-0.3, -0.25) is 13.8 Å². The van der Waals surface area contributed by atoms with E-state index in [9.17, 15) is 19.4 Å². The molecule has 0 rings (SSSR count). The molecule has 0 radical (unpaired) electrons. The molecule has 0 saturated heterocycles. The maximum atomic E-state index is 12.8. The number of aliphatic hydroxyl groups excluding tert-OH is 1. The van der Waals surface area contributed by atoms with Gasteiger partial charge in [0.15, 0.2) is 0 Å². The normalized spacial score (nSPS) is 14.8. The summed E-state index contributed by atoms with van der Waals surface area (Å²) in [5, 5.41) is 13.7. The summed E-state index contributed by atoms with van der Waals surface area (Å²) in [6.07, 6.45) is 42.3. The van der Waals surface area contributed by atoms with Crippen LogP contribution < -0.4 is 5.32 Å². The zero-order chi connectivity index (χ0) is 38.6. The highest BCUT2D eigenvalue weighted by atomic mass is 31.2. The van der Waals surface area contributed by atoms with Gasteiger partial charge in [0.1, 0.15) is 13.2 Å². The van der Waals surface area contributed by atoms with Gasteiger partial charge in [0, 0.05) is 6.42 Å². The van der Waals surface area contributed by atoms with Crippen LogP contribution in [0.5, 0.6) is 0 Å². The molecule has 0 bridgehead atoms. The van der Waals surface area contributed by atoms with E-state index in [0.29, 0.717) is 17.4 Å². The van der Waals surface area contributed by atoms with Crippen molar-refractivity contribution in [1.82, 2.24) is 5.32 Å². The molecule has 52 heavy (non-hydrogen) atoms. The summed E-state index contributed by atoms with van der Waals surface area (Å²) in [5.74, 6) is -0.192. The predicted molar refractivity (Wildman–Crippen MR) is 221 cm³/mol. The Labute approximate surface area is 321 Å². The SMILES string of the molecule is CCCCC/C=C/CC/C=C/[C@@H](O)[C@H](COP(=O)(O)OCC[N+](C)(C)C)NC(=O)CCCCCCCCCCCCC/C=C/CCCCCCCC. The number of hydrogen-bond donors (Lipinski definition) is 3. The van der Waals surface area contributed by atoms with Gasteiger partial charge >= 0.3 is 7.82 Å². The topological polar surface area (TPSA) is 105 Å². The van der Waals surface area contributed by atoms with Gasteiger partial charge in [-0.1, -0.05) is 153 Å². The summed E-state index contributed by atoms with van der Waals surface area (Å²) in [6, 6.07) is -0.859. The third kappa shape index (κ3) is 37.1. The molecule has 0 aromatic heterocycles. The average molecular weight is 756 g/mol. The van der Waals surface area contributed by atoms with Gasteiger partial charge in [0.2, 0.25) is 5.91 Å². The second-order valence-electron chi connectivity index (χ2n) is 15.7. The minimum absolute atomic E-state index is 0.0558. The highest BCUT2D eigenvalue weighted by Gasteiger charge is 2.27. The monoisotopic (exact) mass is 756 g/mol. The standard InChI is InChI=1S/C43H83N2O6P/c1-6-8-10-12-14-16-17-18-19-20-21-22-23-24-25-26-27-29-31-33-35-37-43(47)44-41(40-51-52(48,49)50-39-38-45(3,4)5)42(46)36-34-32-30-28-15-13-11-9-7-2/h15,18-19,28,34,36,41-42,46H,6-14,16-17,20-27,29-33,35,37-40H2,1-5H3,(H-,44,47,48,49)/p+1/b19-18+,28-15+,36-34+/t41-,42+/m0/s1. The van der Waals surface area contributed by atoms with Crippen molar-refractivity contribution in [1.29, 1.82) is 0 Å². The molecule has 0 aromatic carbocycles. The number of phosphoric ester groups is 1. The molecule has 0 aliphatic carbocycles. The third-order valence-corrected chi connectivity index (χ3v) is 10.3. The number of nitrogens with zero attached hydrogens (tertiary/aromatic N) is 1. The number of aliphatic hydroxyl groups is 1. The maximum Gasteiger partial charge on any atom is 0.472 e. The van der Waals surface area contributed by atoms with Gasteiger partial charge in [-0.2, -0.15) is 0 Å². The molecule has 0 aliphatic rings. The number of likely N-dealkylation sites (N-methyl/N-ethyl adjacent to an activating group) is 1. The number of carbonyl (C=O) groups is 1. The van der Waals surface area contributed by atoms with E-state index in [-0.39, 0.29) is 19.1 Å². The van der Waals surface area contributed by atoms with E-state index in [1.165, 1.54) is 122 Å². The van der Waals surface area contributed by atoms with Crippen LogP contribution in [0.1, 0.15) is 181 Å². The second-order valence-corrected chi connectivity index (χ2v) is 17.2. The lowest BCUT2D eigenvalue weighted by molar-refractivity contribution is -0.870. The van der Waals surface area contributed by atoms with Gasteiger partial charge in [-0.05, 0) is 57.8 Å². The predicted octanol–water partition coefficient (Wildman–Crippen LogP) is 11.5. The summed E-state index contributed by atoms with van der Waals surface area (Å²) >= 11 is 0. The number of quaternary nitrogens is 1. The number of allylic oxidation sites excluding steroid dienone is 5. The van der Waals surface area contributed by atoms with Crippen LogP contribution in [0.3, 0.4) is 0 Å². The van der Waals surface area contributed by atoms with Crippen molar-refractivity contribution in [3.05, 3.63) is 36.5 Å². The molecular weight excluding hydrogens is 671 g/mol. The van der Waals surface area contributed by atoms with Crippen molar-refractivity contribution in [3.8, 4) is 0 Å². The smallest absolute Gasteiger partial charge is 0.387 e. The first-order valence-corrected chi connectivity index (χ1v) is 22.9. The summed E-state index contributed by atoms with van der Waals surface area (Å²) in [4.78, 5) is 23.0. The Hall–Kier alpha value is -1.28. The van der Waals surface area contributed by atoms with Gasteiger partial charge in [0.25, 0.3) is 0 Å². The first-order valence-electron chi connectivity index (χ1n) is 21.4. The first-order chi connectivity index (χ1) is 25.0. The van der Waals surface area contributed by atoms with Crippen molar-refractivity contribution in [2.45, 2.75) is 193 Å². The van der Waals surface area contributed by atoms with Crippen molar-refractivity contribution < 1.29 is 32.9 Å². The van der Waals surface area contributed by atoms with E-state index in [2.05, 4.69) is 43.5 Å². The molecular formula is C43H84N2O6P+. The molecule has 3 N–H and O–H groups in total. The molecule has 1 unspecified atom stereocenters. The Morgan fingerprint density at radius 1 is 0.635 bits per heavy atom. The summed E-state index contributed by atoms with van der Waals surface area (Å²) in [7, 11) is 1.55. The van der Waals surface area contributed by atoms with Crippen molar-refractivity contribution in [3.63, 3.8) is 0 Å². The van der Waals surface area contributed by atoms with Crippen LogP contribution in [0.4, 0.5) is 0 Å². The molecule has 0 saturated carbocycles. The van der Waals surface area contributed by atoms with Crippen LogP contribution in [0.25, 0.3) is 0 Å². The second kappa shape index (κ2) is 35.4. The number of phosphoric acid groups is 1. The molecule has 1 amide bonds. The molecule has 0 spiro atoms. The minimum atomic E-state index is -4.34. The first kappa shape index (κ1) is 50.7. The highest BCUT2D eigenvalue weighted by Crippen LogP contribution is 2.43. The maximum absolute atomic E-state index is 12.8. The molecule has 0 fully saturated rings. The van der Waals surface area contributed by atoms with Crippen LogP contribution in [0.2, 0.25) is 0 Å². The van der Waals surface area contributed by atoms with Gasteiger partial charge in [-0.15, -0.1) is 0 Å². The zero-order valence-corrected chi connectivity index (χ0v) is 35.4. The van der Waals surface area contributed by atoms with E-state index in [1.807, 2.05) is 27.2 Å². The number of hydrogen-bond acceptors (Lipinski definition) is 5. The third-order valence-electron chi connectivity index (χ3n) is 9.33. The van der Waals surface area contributed by atoms with Crippen LogP contribution in [0, 0.1) is 0 Å². The summed E-state index contributed by atoms with van der Waals surface area (Å²) in [5.41, 5.74) is 0. The van der Waals surface area contributed by atoms with Crippen LogP contribution in [-0.2, 0) is 18.4 Å². The molecule has 0 heterocycles. The molecule has 0 aliphatic heterocycles. The van der Waals surface area contributed by atoms with Crippen LogP contribution >= 0.6 is 7.82 Å². The molecule has 3 atom stereocenters. The van der Waals surface area contributed by atoms with Crippen molar-refractivity contribution in [2.24, 2.45) is 0 Å². The van der Waals surface area contributed by atoms with Crippen LogP contribution in [0.15, 0.2) is 36.5 Å². The van der Waals surface area contributed by atoms with E-state index in [4.69, 9.17) is 9.05 Å². The number of amides is 1. The van der Waals surface area contributed by atoms with E-state index < -0.39 is 20.0 Å². The molecule has 306 valence electrons. The largest absolute Gasteiger partial charge is 0.472 e. The average Bonchev–Trinajstić information content (AvgIpc) is 3.09. The fourth-order valence-electron chi connectivity index (χ4n) is 5.87. The number of carbonyl (C=O) groups excluding carboxylic acids is 1. The minimum Gasteiger partial charge on any atom is -0.387 e.